The molecule has 1 saturated heterocycles. The van der Waals surface area contributed by atoms with E-state index in [2.05, 4.69) is 10.0 Å². The molecule has 1 aliphatic heterocycles. The van der Waals surface area contributed by atoms with Gasteiger partial charge in [0.2, 0.25) is 10.0 Å². The van der Waals surface area contributed by atoms with E-state index in [1.54, 1.807) is 18.7 Å². The number of nitro groups is 1. The van der Waals surface area contributed by atoms with Crippen LogP contribution in [0.5, 0.6) is 0 Å². The van der Waals surface area contributed by atoms with Crippen LogP contribution in [-0.2, 0) is 10.0 Å². The number of thioether (sulfide) groups is 1. The summed E-state index contributed by atoms with van der Waals surface area (Å²) in [5.74, 6) is 1.59. The molecule has 1 atom stereocenters. The zero-order valence-electron chi connectivity index (χ0n) is 11.5. The fraction of sp³-hybridized carbons (Fsp3) is 0.500. The van der Waals surface area contributed by atoms with E-state index in [9.17, 15) is 18.5 Å². The maximum atomic E-state index is 12.4. The number of nitro benzene ring substituents is 1. The van der Waals surface area contributed by atoms with Gasteiger partial charge in [0.15, 0.2) is 4.90 Å². The molecule has 1 aromatic rings. The van der Waals surface area contributed by atoms with E-state index in [0.29, 0.717) is 12.3 Å². The molecule has 0 radical (unpaired) electrons. The first-order valence-corrected chi connectivity index (χ1v) is 9.21. The molecule has 1 aromatic carbocycles. The van der Waals surface area contributed by atoms with Crippen LogP contribution in [-0.4, -0.2) is 37.4 Å². The van der Waals surface area contributed by atoms with E-state index in [1.807, 2.05) is 0 Å². The van der Waals surface area contributed by atoms with E-state index in [0.717, 1.165) is 12.2 Å². The highest BCUT2D eigenvalue weighted by molar-refractivity contribution is 7.99. The average molecular weight is 331 g/mol. The van der Waals surface area contributed by atoms with Gasteiger partial charge in [0.1, 0.15) is 5.69 Å². The van der Waals surface area contributed by atoms with Crippen LogP contribution in [0.2, 0.25) is 0 Å². The molecule has 2 rings (SSSR count). The van der Waals surface area contributed by atoms with Gasteiger partial charge in [-0.15, -0.1) is 0 Å². The van der Waals surface area contributed by atoms with Crippen molar-refractivity contribution in [1.29, 1.82) is 0 Å². The Bertz CT molecular complexity index is 627. The number of para-hydroxylation sites is 1. The Kier molecular flexibility index (Phi) is 5.07. The molecule has 9 heteroatoms. The lowest BCUT2D eigenvalue weighted by Gasteiger charge is -2.13. The number of anilines is 1. The molecule has 2 N–H and O–H groups in total. The van der Waals surface area contributed by atoms with E-state index in [1.165, 1.54) is 18.2 Å². The summed E-state index contributed by atoms with van der Waals surface area (Å²) >= 11 is 1.67. The first-order valence-electron chi connectivity index (χ1n) is 6.57. The first-order chi connectivity index (χ1) is 9.95. The van der Waals surface area contributed by atoms with Gasteiger partial charge in [0.25, 0.3) is 0 Å². The molecule has 116 valence electrons. The van der Waals surface area contributed by atoms with Gasteiger partial charge in [0.05, 0.1) is 4.92 Å². The number of rotatable bonds is 6. The Balaban J connectivity index is 2.41. The smallest absolute Gasteiger partial charge is 0.312 e. The molecule has 0 spiro atoms. The fourth-order valence-corrected chi connectivity index (χ4v) is 4.89. The second kappa shape index (κ2) is 6.63. The molecule has 0 aliphatic carbocycles. The van der Waals surface area contributed by atoms with Gasteiger partial charge in [-0.25, -0.2) is 13.1 Å². The molecule has 1 heterocycles. The van der Waals surface area contributed by atoms with Gasteiger partial charge < -0.3 is 5.32 Å². The molecule has 0 amide bonds. The number of nitrogens with one attached hydrogen (secondary N) is 2. The molecule has 0 saturated carbocycles. The average Bonchev–Trinajstić information content (AvgIpc) is 2.90. The third-order valence-electron chi connectivity index (χ3n) is 3.09. The summed E-state index contributed by atoms with van der Waals surface area (Å²) in [6, 6.07) is 4.11. The standard InChI is InChI=1S/C12H17N3O4S2/c1-2-13-10-4-3-5-11(12(10)15(16)17)21(18,19)14-9-6-7-20-8-9/h3-5,9,13-14H,2,6-8H2,1H3. The van der Waals surface area contributed by atoms with Gasteiger partial charge in [-0.2, -0.15) is 11.8 Å². The number of hydrogen-bond donors (Lipinski definition) is 2. The minimum absolute atomic E-state index is 0.164. The maximum absolute atomic E-state index is 12.4. The Morgan fingerprint density at radius 2 is 2.24 bits per heavy atom. The Hall–Kier alpha value is -1.32. The zero-order valence-corrected chi connectivity index (χ0v) is 13.2. The highest BCUT2D eigenvalue weighted by Crippen LogP contribution is 2.32. The topological polar surface area (TPSA) is 101 Å². The van der Waals surface area contributed by atoms with Gasteiger partial charge in [-0.05, 0) is 31.2 Å². The van der Waals surface area contributed by atoms with Crippen molar-refractivity contribution in [2.24, 2.45) is 0 Å². The molecule has 1 fully saturated rings. The molecule has 1 unspecified atom stereocenters. The summed E-state index contributed by atoms with van der Waals surface area (Å²) in [6.07, 6.45) is 0.741. The van der Waals surface area contributed by atoms with Crippen LogP contribution in [0.15, 0.2) is 23.1 Å². The fourth-order valence-electron chi connectivity index (χ4n) is 2.17. The Morgan fingerprint density at radius 3 is 2.81 bits per heavy atom. The lowest BCUT2D eigenvalue weighted by atomic mass is 10.2. The number of nitrogens with zero attached hydrogens (tertiary/aromatic N) is 1. The van der Waals surface area contributed by atoms with Crippen LogP contribution in [0, 0.1) is 10.1 Å². The zero-order chi connectivity index (χ0) is 15.5. The van der Waals surface area contributed by atoms with Crippen molar-refractivity contribution in [3.05, 3.63) is 28.3 Å². The predicted octanol–water partition coefficient (Wildman–Crippen LogP) is 1.81. The Morgan fingerprint density at radius 1 is 1.48 bits per heavy atom. The molecule has 21 heavy (non-hydrogen) atoms. The van der Waals surface area contributed by atoms with Crippen molar-refractivity contribution < 1.29 is 13.3 Å². The summed E-state index contributed by atoms with van der Waals surface area (Å²) in [5, 5.41) is 14.1. The molecule has 0 aromatic heterocycles. The normalized spacial score (nSPS) is 18.6. The largest absolute Gasteiger partial charge is 0.380 e. The lowest BCUT2D eigenvalue weighted by Crippen LogP contribution is -2.35. The second-order valence-corrected chi connectivity index (χ2v) is 7.45. The van der Waals surface area contributed by atoms with Crippen molar-refractivity contribution >= 4 is 33.2 Å². The molecular formula is C12H17N3O4S2. The quantitative estimate of drug-likeness (QED) is 0.609. The summed E-state index contributed by atoms with van der Waals surface area (Å²) in [6.45, 7) is 2.26. The number of benzene rings is 1. The van der Waals surface area contributed by atoms with Crippen molar-refractivity contribution in [1.82, 2.24) is 4.72 Å². The Labute approximate surface area is 127 Å². The summed E-state index contributed by atoms with van der Waals surface area (Å²) in [5.41, 5.74) is -0.191. The van der Waals surface area contributed by atoms with Crippen LogP contribution >= 0.6 is 11.8 Å². The SMILES string of the molecule is CCNc1cccc(S(=O)(=O)NC2CCSC2)c1[N+](=O)[O-]. The van der Waals surface area contributed by atoms with Crippen LogP contribution < -0.4 is 10.0 Å². The van der Waals surface area contributed by atoms with E-state index in [-0.39, 0.29) is 16.6 Å². The summed E-state index contributed by atoms with van der Waals surface area (Å²) in [7, 11) is -3.91. The van der Waals surface area contributed by atoms with Gasteiger partial charge in [0, 0.05) is 18.3 Å². The highest BCUT2D eigenvalue weighted by atomic mass is 32.2. The van der Waals surface area contributed by atoms with Gasteiger partial charge >= 0.3 is 5.69 Å². The maximum Gasteiger partial charge on any atom is 0.312 e. The molecule has 7 nitrogen and oxygen atoms in total. The third kappa shape index (κ3) is 3.66. The van der Waals surface area contributed by atoms with E-state index in [4.69, 9.17) is 0 Å². The number of hydrogen-bond acceptors (Lipinski definition) is 6. The minimum atomic E-state index is -3.91. The predicted molar refractivity (Wildman–Crippen MR) is 83.3 cm³/mol. The van der Waals surface area contributed by atoms with Gasteiger partial charge in [-0.1, -0.05) is 6.07 Å². The van der Waals surface area contributed by atoms with Crippen LogP contribution in [0.3, 0.4) is 0 Å². The second-order valence-electron chi connectivity index (χ2n) is 4.62. The lowest BCUT2D eigenvalue weighted by molar-refractivity contribution is -0.386. The van der Waals surface area contributed by atoms with Crippen molar-refractivity contribution in [2.45, 2.75) is 24.3 Å². The summed E-state index contributed by atoms with van der Waals surface area (Å²) < 4.78 is 27.4. The molecule has 1 aliphatic rings. The van der Waals surface area contributed by atoms with Gasteiger partial charge in [-0.3, -0.25) is 10.1 Å². The van der Waals surface area contributed by atoms with Crippen LogP contribution in [0.1, 0.15) is 13.3 Å². The van der Waals surface area contributed by atoms with Crippen molar-refractivity contribution in [3.63, 3.8) is 0 Å². The van der Waals surface area contributed by atoms with Crippen LogP contribution in [0.4, 0.5) is 11.4 Å². The summed E-state index contributed by atoms with van der Waals surface area (Å²) in [4.78, 5) is 10.3. The van der Waals surface area contributed by atoms with Crippen molar-refractivity contribution in [2.75, 3.05) is 23.4 Å². The van der Waals surface area contributed by atoms with Crippen molar-refractivity contribution in [3.8, 4) is 0 Å². The van der Waals surface area contributed by atoms with E-state index >= 15 is 0 Å². The van der Waals surface area contributed by atoms with Crippen LogP contribution in [0.25, 0.3) is 0 Å². The minimum Gasteiger partial charge on any atom is -0.380 e. The monoisotopic (exact) mass is 331 g/mol. The molecule has 0 bridgehead atoms. The molecular weight excluding hydrogens is 314 g/mol. The first kappa shape index (κ1) is 16.1. The van der Waals surface area contributed by atoms with E-state index < -0.39 is 20.6 Å². The number of sulfonamides is 1. The third-order valence-corrected chi connectivity index (χ3v) is 5.80. The highest BCUT2D eigenvalue weighted by Gasteiger charge is 2.31.